The van der Waals surface area contributed by atoms with Crippen LogP contribution in [0.5, 0.6) is 0 Å². The van der Waals surface area contributed by atoms with Gasteiger partial charge >= 0.3 is 0 Å². The van der Waals surface area contributed by atoms with Crippen LogP contribution < -0.4 is 0 Å². The van der Waals surface area contributed by atoms with Crippen LogP contribution in [0.2, 0.25) is 0 Å². The average molecular weight is 234 g/mol. The Hall–Kier alpha value is -2.04. The fourth-order valence-electron chi connectivity index (χ4n) is 2.84. The molecular formula is C17H14O. The summed E-state index contributed by atoms with van der Waals surface area (Å²) in [6.07, 6.45) is 5.50. The number of rotatable bonds is 1. The Balaban J connectivity index is 2.32. The van der Waals surface area contributed by atoms with Crippen molar-refractivity contribution in [2.24, 2.45) is 0 Å². The molecule has 1 atom stereocenters. The van der Waals surface area contributed by atoms with E-state index in [9.17, 15) is 5.11 Å². The largest absolute Gasteiger partial charge is 0.377 e. The molecule has 0 aromatic heterocycles. The highest BCUT2D eigenvalue weighted by Gasteiger charge is 2.39. The third-order valence-corrected chi connectivity index (χ3v) is 3.69. The summed E-state index contributed by atoms with van der Waals surface area (Å²) < 4.78 is 0. The van der Waals surface area contributed by atoms with Gasteiger partial charge in [0.1, 0.15) is 5.60 Å². The van der Waals surface area contributed by atoms with Crippen LogP contribution in [-0.4, -0.2) is 10.7 Å². The molecule has 0 heterocycles. The third kappa shape index (κ3) is 1.40. The van der Waals surface area contributed by atoms with Crippen molar-refractivity contribution >= 4 is 0 Å². The molecule has 0 radical (unpaired) electrons. The lowest BCUT2D eigenvalue weighted by molar-refractivity contribution is 0.105. The van der Waals surface area contributed by atoms with Crippen molar-refractivity contribution in [2.75, 3.05) is 0 Å². The normalized spacial score (nSPS) is 16.5. The molecule has 1 aliphatic rings. The summed E-state index contributed by atoms with van der Waals surface area (Å²) in [6.45, 7) is 1.70. The van der Waals surface area contributed by atoms with Gasteiger partial charge in [-0.1, -0.05) is 54.5 Å². The third-order valence-electron chi connectivity index (χ3n) is 3.69. The van der Waals surface area contributed by atoms with E-state index in [1.807, 2.05) is 36.4 Å². The van der Waals surface area contributed by atoms with Gasteiger partial charge in [-0.3, -0.25) is 0 Å². The Kier molecular flexibility index (Phi) is 2.29. The molecule has 0 amide bonds. The maximum absolute atomic E-state index is 10.5. The zero-order valence-electron chi connectivity index (χ0n) is 10.2. The molecule has 88 valence electrons. The smallest absolute Gasteiger partial charge is 0.133 e. The van der Waals surface area contributed by atoms with Gasteiger partial charge in [0.05, 0.1) is 5.92 Å². The second-order valence-electron chi connectivity index (χ2n) is 4.90. The monoisotopic (exact) mass is 234 g/mol. The molecule has 0 aliphatic heterocycles. The Morgan fingerprint density at radius 1 is 1.00 bits per heavy atom. The van der Waals surface area contributed by atoms with Crippen molar-refractivity contribution in [3.05, 3.63) is 59.7 Å². The first kappa shape index (κ1) is 11.1. The Morgan fingerprint density at radius 3 is 1.89 bits per heavy atom. The molecule has 1 nitrogen and oxygen atoms in total. The molecule has 2 aromatic rings. The van der Waals surface area contributed by atoms with Crippen LogP contribution >= 0.6 is 0 Å². The van der Waals surface area contributed by atoms with Crippen molar-refractivity contribution in [2.45, 2.75) is 18.4 Å². The zero-order chi connectivity index (χ0) is 12.8. The van der Waals surface area contributed by atoms with Crippen LogP contribution in [0.4, 0.5) is 0 Å². The predicted molar refractivity (Wildman–Crippen MR) is 73.2 cm³/mol. The lowest BCUT2D eigenvalue weighted by Crippen LogP contribution is -2.30. The molecule has 3 rings (SSSR count). The molecule has 0 bridgehead atoms. The number of benzene rings is 2. The molecule has 1 heteroatoms. The number of fused-ring (bicyclic) bond motifs is 3. The quantitative estimate of drug-likeness (QED) is 0.751. The van der Waals surface area contributed by atoms with Crippen molar-refractivity contribution in [3.8, 4) is 23.5 Å². The number of terminal acetylenes is 1. The average Bonchev–Trinajstić information content (AvgIpc) is 2.74. The van der Waals surface area contributed by atoms with E-state index in [-0.39, 0.29) is 5.92 Å². The van der Waals surface area contributed by atoms with Gasteiger partial charge in [-0.05, 0) is 29.2 Å². The van der Waals surface area contributed by atoms with Gasteiger partial charge in [0, 0.05) is 0 Å². The molecule has 2 aromatic carbocycles. The van der Waals surface area contributed by atoms with E-state index >= 15 is 0 Å². The second kappa shape index (κ2) is 3.73. The van der Waals surface area contributed by atoms with E-state index in [4.69, 9.17) is 6.42 Å². The second-order valence-corrected chi connectivity index (χ2v) is 4.90. The maximum Gasteiger partial charge on any atom is 0.133 e. The van der Waals surface area contributed by atoms with E-state index in [1.165, 1.54) is 11.1 Å². The van der Waals surface area contributed by atoms with Crippen LogP contribution in [0.25, 0.3) is 11.1 Å². The van der Waals surface area contributed by atoms with E-state index in [1.54, 1.807) is 6.92 Å². The van der Waals surface area contributed by atoms with Gasteiger partial charge in [0.2, 0.25) is 0 Å². The van der Waals surface area contributed by atoms with E-state index in [0.717, 1.165) is 11.1 Å². The van der Waals surface area contributed by atoms with Crippen LogP contribution in [-0.2, 0) is 0 Å². The number of hydrogen-bond acceptors (Lipinski definition) is 1. The Bertz CT molecular complexity index is 601. The van der Waals surface area contributed by atoms with Crippen molar-refractivity contribution < 1.29 is 5.11 Å². The zero-order valence-corrected chi connectivity index (χ0v) is 10.2. The van der Waals surface area contributed by atoms with Crippen LogP contribution in [0.3, 0.4) is 0 Å². The van der Waals surface area contributed by atoms with E-state index in [0.29, 0.717) is 0 Å². The lowest BCUT2D eigenvalue weighted by Gasteiger charge is -2.26. The first-order valence-electron chi connectivity index (χ1n) is 6.03. The summed E-state index contributed by atoms with van der Waals surface area (Å²) >= 11 is 0. The van der Waals surface area contributed by atoms with Gasteiger partial charge in [0.25, 0.3) is 0 Å². The SMILES string of the molecule is C#CC(C)(O)C1c2ccccc2-c2ccccc21. The molecule has 0 saturated carbocycles. The standard InChI is InChI=1S/C17H14O/c1-3-17(2,18)16-14-10-6-4-8-12(14)13-9-5-7-11-15(13)16/h1,4-11,16,18H,2H3. The van der Waals surface area contributed by atoms with Crippen LogP contribution in [0.15, 0.2) is 48.5 Å². The first-order valence-corrected chi connectivity index (χ1v) is 6.03. The van der Waals surface area contributed by atoms with Gasteiger partial charge < -0.3 is 5.11 Å². The number of hydrogen-bond donors (Lipinski definition) is 1. The summed E-state index contributed by atoms with van der Waals surface area (Å²) in [6, 6.07) is 16.3. The molecule has 1 aliphatic carbocycles. The van der Waals surface area contributed by atoms with Gasteiger partial charge in [-0.15, -0.1) is 6.42 Å². The lowest BCUT2D eigenvalue weighted by atomic mass is 9.82. The fourth-order valence-corrected chi connectivity index (χ4v) is 2.84. The Labute approximate surface area is 107 Å². The minimum atomic E-state index is -1.16. The van der Waals surface area contributed by atoms with Gasteiger partial charge in [-0.25, -0.2) is 0 Å². The molecule has 18 heavy (non-hydrogen) atoms. The van der Waals surface area contributed by atoms with Crippen molar-refractivity contribution in [1.82, 2.24) is 0 Å². The maximum atomic E-state index is 10.5. The molecule has 1 unspecified atom stereocenters. The number of aliphatic hydroxyl groups is 1. The minimum absolute atomic E-state index is 0.144. The summed E-state index contributed by atoms with van der Waals surface area (Å²) in [4.78, 5) is 0. The predicted octanol–water partition coefficient (Wildman–Crippen LogP) is 3.18. The highest BCUT2D eigenvalue weighted by atomic mass is 16.3. The first-order chi connectivity index (χ1) is 8.65. The minimum Gasteiger partial charge on any atom is -0.377 e. The Morgan fingerprint density at radius 2 is 1.44 bits per heavy atom. The van der Waals surface area contributed by atoms with Crippen LogP contribution in [0, 0.1) is 12.3 Å². The van der Waals surface area contributed by atoms with E-state index < -0.39 is 5.60 Å². The summed E-state index contributed by atoms with van der Waals surface area (Å²) in [7, 11) is 0. The highest BCUT2D eigenvalue weighted by molar-refractivity contribution is 5.79. The van der Waals surface area contributed by atoms with E-state index in [2.05, 4.69) is 18.1 Å². The van der Waals surface area contributed by atoms with Gasteiger partial charge in [0.15, 0.2) is 0 Å². The summed E-state index contributed by atoms with van der Waals surface area (Å²) in [5, 5.41) is 10.5. The molecule has 0 spiro atoms. The van der Waals surface area contributed by atoms with Crippen molar-refractivity contribution in [3.63, 3.8) is 0 Å². The summed E-state index contributed by atoms with van der Waals surface area (Å²) in [5.41, 5.74) is 3.41. The molecule has 0 saturated heterocycles. The topological polar surface area (TPSA) is 20.2 Å². The molecule has 1 N–H and O–H groups in total. The fraction of sp³-hybridized carbons (Fsp3) is 0.176. The van der Waals surface area contributed by atoms with Gasteiger partial charge in [-0.2, -0.15) is 0 Å². The molecule has 0 fully saturated rings. The summed E-state index contributed by atoms with van der Waals surface area (Å²) in [5.74, 6) is 2.38. The highest BCUT2D eigenvalue weighted by Crippen LogP contribution is 2.48. The molecular weight excluding hydrogens is 220 g/mol. The van der Waals surface area contributed by atoms with Crippen molar-refractivity contribution in [1.29, 1.82) is 0 Å². The van der Waals surface area contributed by atoms with Crippen LogP contribution in [0.1, 0.15) is 24.0 Å².